The summed E-state index contributed by atoms with van der Waals surface area (Å²) < 4.78 is 7.50. The molecule has 4 aromatic rings. The summed E-state index contributed by atoms with van der Waals surface area (Å²) in [5.41, 5.74) is 4.06. The van der Waals surface area contributed by atoms with E-state index in [1.54, 1.807) is 11.1 Å². The van der Waals surface area contributed by atoms with Gasteiger partial charge >= 0.3 is 6.09 Å². The second-order valence-electron chi connectivity index (χ2n) is 13.0. The zero-order chi connectivity index (χ0) is 31.6. The van der Waals surface area contributed by atoms with Gasteiger partial charge in [0.1, 0.15) is 22.6 Å². The van der Waals surface area contributed by atoms with Crippen LogP contribution in [0.2, 0.25) is 0 Å². The third kappa shape index (κ3) is 7.60. The molecule has 232 valence electrons. The summed E-state index contributed by atoms with van der Waals surface area (Å²) in [6.07, 6.45) is 3.64. The number of aromatic nitrogens is 5. The Morgan fingerprint density at radius 3 is 2.50 bits per heavy atom. The molecule has 0 aliphatic carbocycles. The summed E-state index contributed by atoms with van der Waals surface area (Å²) in [5, 5.41) is 11.9. The van der Waals surface area contributed by atoms with Gasteiger partial charge in [-0.25, -0.2) is 19.7 Å². The maximum absolute atomic E-state index is 12.7. The fourth-order valence-electron chi connectivity index (χ4n) is 4.76. The zero-order valence-electron chi connectivity index (χ0n) is 26.4. The van der Waals surface area contributed by atoms with E-state index in [-0.39, 0.29) is 17.4 Å². The van der Waals surface area contributed by atoms with Crippen LogP contribution in [-0.4, -0.2) is 53.8 Å². The molecule has 0 spiro atoms. The van der Waals surface area contributed by atoms with Crippen LogP contribution in [0.1, 0.15) is 79.5 Å². The van der Waals surface area contributed by atoms with Crippen molar-refractivity contribution in [2.75, 3.05) is 11.9 Å². The molecule has 5 rings (SSSR count). The van der Waals surface area contributed by atoms with Gasteiger partial charge in [0.25, 0.3) is 5.91 Å². The lowest BCUT2D eigenvalue weighted by Crippen LogP contribution is -2.36. The van der Waals surface area contributed by atoms with Crippen LogP contribution in [0, 0.1) is 6.92 Å². The van der Waals surface area contributed by atoms with Crippen molar-refractivity contribution in [2.24, 2.45) is 0 Å². The van der Waals surface area contributed by atoms with E-state index in [2.05, 4.69) is 52.4 Å². The van der Waals surface area contributed by atoms with Crippen molar-refractivity contribution in [3.63, 3.8) is 0 Å². The Balaban J connectivity index is 1.23. The predicted molar refractivity (Wildman–Crippen MR) is 171 cm³/mol. The fourth-order valence-corrected chi connectivity index (χ4v) is 5.65. The first kappa shape index (κ1) is 31.1. The van der Waals surface area contributed by atoms with Gasteiger partial charge in [-0.1, -0.05) is 32.9 Å². The number of carbonyl (C=O) groups is 2. The minimum absolute atomic E-state index is 0.0886. The minimum atomic E-state index is -0.547. The Labute approximate surface area is 262 Å². The molecule has 0 unspecified atom stereocenters. The molecule has 0 atom stereocenters. The molecule has 0 saturated carbocycles. The molecule has 2 N–H and O–H groups in total. The molecular weight excluding hydrogens is 576 g/mol. The van der Waals surface area contributed by atoms with Gasteiger partial charge in [-0.05, 0) is 51.3 Å². The quantitative estimate of drug-likeness (QED) is 0.262. The number of nitrogens with one attached hydrogen (secondary N) is 2. The van der Waals surface area contributed by atoms with E-state index in [0.717, 1.165) is 39.5 Å². The second-order valence-corrected chi connectivity index (χ2v) is 14.0. The van der Waals surface area contributed by atoms with E-state index >= 15 is 0 Å². The van der Waals surface area contributed by atoms with Crippen molar-refractivity contribution >= 4 is 35.0 Å². The summed E-state index contributed by atoms with van der Waals surface area (Å²) in [6.45, 7) is 16.1. The summed E-state index contributed by atoms with van der Waals surface area (Å²) in [4.78, 5) is 41.0. The summed E-state index contributed by atoms with van der Waals surface area (Å²) in [6, 6.07) is 9.88. The minimum Gasteiger partial charge on any atom is -0.444 e. The molecule has 1 aliphatic heterocycles. The van der Waals surface area contributed by atoms with Crippen molar-refractivity contribution in [2.45, 2.75) is 85.5 Å². The van der Waals surface area contributed by atoms with Crippen LogP contribution in [-0.2, 0) is 29.8 Å². The number of amides is 2. The molecule has 11 nitrogen and oxygen atoms in total. The van der Waals surface area contributed by atoms with Crippen LogP contribution >= 0.6 is 11.3 Å². The van der Waals surface area contributed by atoms with Crippen LogP contribution < -0.4 is 10.6 Å². The van der Waals surface area contributed by atoms with Gasteiger partial charge in [0.15, 0.2) is 5.82 Å². The van der Waals surface area contributed by atoms with Crippen molar-refractivity contribution in [3.8, 4) is 11.3 Å². The van der Waals surface area contributed by atoms with Crippen molar-refractivity contribution in [1.82, 2.24) is 34.9 Å². The number of carbonyl (C=O) groups excluding carboxylic acids is 2. The largest absolute Gasteiger partial charge is 0.444 e. The molecule has 0 bridgehead atoms. The Bertz CT molecular complexity index is 1660. The Morgan fingerprint density at radius 1 is 1.00 bits per heavy atom. The van der Waals surface area contributed by atoms with Gasteiger partial charge in [-0.2, -0.15) is 5.10 Å². The average Bonchev–Trinajstić information content (AvgIpc) is 3.54. The molecule has 12 heteroatoms. The molecule has 0 fully saturated rings. The molecule has 0 radical (unpaired) electrons. The highest BCUT2D eigenvalue weighted by atomic mass is 32.1. The first-order valence-electron chi connectivity index (χ1n) is 14.7. The van der Waals surface area contributed by atoms with E-state index in [0.29, 0.717) is 42.7 Å². The zero-order valence-corrected chi connectivity index (χ0v) is 27.2. The Kier molecular flexibility index (Phi) is 8.73. The van der Waals surface area contributed by atoms with E-state index in [1.165, 1.54) is 17.7 Å². The van der Waals surface area contributed by atoms with Gasteiger partial charge in [0.05, 0.1) is 29.1 Å². The van der Waals surface area contributed by atoms with Gasteiger partial charge in [-0.3, -0.25) is 9.48 Å². The van der Waals surface area contributed by atoms with Crippen molar-refractivity contribution < 1.29 is 14.3 Å². The molecule has 2 amide bonds. The van der Waals surface area contributed by atoms with E-state index in [4.69, 9.17) is 9.84 Å². The lowest BCUT2D eigenvalue weighted by molar-refractivity contribution is 0.0236. The van der Waals surface area contributed by atoms with Gasteiger partial charge in [-0.15, -0.1) is 11.3 Å². The van der Waals surface area contributed by atoms with Gasteiger partial charge < -0.3 is 20.3 Å². The molecule has 1 aliphatic rings. The second kappa shape index (κ2) is 12.4. The SMILES string of the molecule is Cc1cc(-c2cc(Nc3cc4n(n3)CCCN(C(=O)OC(C)(C)C)C4)ncn2)ccc1CNC(=O)c1cnc(C(C)(C)C)s1. The monoisotopic (exact) mass is 616 g/mol. The summed E-state index contributed by atoms with van der Waals surface area (Å²) in [5.74, 6) is 1.14. The van der Waals surface area contributed by atoms with Crippen LogP contribution in [0.4, 0.5) is 16.4 Å². The number of rotatable bonds is 6. The lowest BCUT2D eigenvalue weighted by atomic mass is 9.98. The number of hydrogen-bond acceptors (Lipinski definition) is 9. The number of thiazole rings is 1. The normalized spacial score (nSPS) is 13.7. The fraction of sp³-hybridized carbons (Fsp3) is 0.438. The molecule has 4 heterocycles. The summed E-state index contributed by atoms with van der Waals surface area (Å²) in [7, 11) is 0. The standard InChI is InChI=1S/C32H40N8O3S/c1-20-13-21(9-10-22(20)16-33-28(41)25-17-34-29(44-25)31(2,3)4)24-15-26(36-19-35-24)37-27-14-23-18-39(11-8-12-40(23)38-27)30(42)43-32(5,6)7/h9-10,13-15,17,19H,8,11-12,16,18H2,1-7H3,(H,33,41)(H,35,36,37,38). The van der Waals surface area contributed by atoms with Crippen molar-refractivity contribution in [3.05, 3.63) is 69.6 Å². The number of nitrogens with zero attached hydrogens (tertiary/aromatic N) is 6. The van der Waals surface area contributed by atoms with E-state index in [1.807, 2.05) is 56.6 Å². The smallest absolute Gasteiger partial charge is 0.410 e. The topological polar surface area (TPSA) is 127 Å². The number of fused-ring (bicyclic) bond motifs is 1. The molecule has 0 saturated heterocycles. The van der Waals surface area contributed by atoms with Gasteiger partial charge in [0.2, 0.25) is 0 Å². The average molecular weight is 617 g/mol. The molecule has 1 aromatic carbocycles. The van der Waals surface area contributed by atoms with Crippen LogP contribution in [0.15, 0.2) is 42.9 Å². The number of hydrogen-bond donors (Lipinski definition) is 2. The highest BCUT2D eigenvalue weighted by molar-refractivity contribution is 7.13. The highest BCUT2D eigenvalue weighted by Crippen LogP contribution is 2.28. The maximum atomic E-state index is 12.7. The predicted octanol–water partition coefficient (Wildman–Crippen LogP) is 6.22. The first-order chi connectivity index (χ1) is 20.7. The van der Waals surface area contributed by atoms with Crippen LogP contribution in [0.3, 0.4) is 0 Å². The number of benzene rings is 1. The third-order valence-corrected chi connectivity index (χ3v) is 8.46. The van der Waals surface area contributed by atoms with Crippen LogP contribution in [0.5, 0.6) is 0 Å². The Hall–Kier alpha value is -4.32. The number of ether oxygens (including phenoxy) is 1. The first-order valence-corrected chi connectivity index (χ1v) is 15.5. The van der Waals surface area contributed by atoms with Crippen molar-refractivity contribution in [1.29, 1.82) is 0 Å². The van der Waals surface area contributed by atoms with E-state index in [9.17, 15) is 9.59 Å². The number of aryl methyl sites for hydroxylation is 2. The van der Waals surface area contributed by atoms with Crippen LogP contribution in [0.25, 0.3) is 11.3 Å². The van der Waals surface area contributed by atoms with Gasteiger partial charge in [0, 0.05) is 42.7 Å². The summed E-state index contributed by atoms with van der Waals surface area (Å²) >= 11 is 1.43. The molecule has 44 heavy (non-hydrogen) atoms. The van der Waals surface area contributed by atoms with E-state index < -0.39 is 5.60 Å². The highest BCUT2D eigenvalue weighted by Gasteiger charge is 2.26. The third-order valence-electron chi connectivity index (χ3n) is 7.04. The number of anilines is 2. The Morgan fingerprint density at radius 2 is 1.80 bits per heavy atom. The maximum Gasteiger partial charge on any atom is 0.410 e. The molecular formula is C32H40N8O3S. The molecule has 3 aromatic heterocycles. The lowest BCUT2D eigenvalue weighted by Gasteiger charge is -2.26.